The summed E-state index contributed by atoms with van der Waals surface area (Å²) in [6, 6.07) is 11.0. The van der Waals surface area contributed by atoms with Crippen LogP contribution in [0, 0.1) is 6.92 Å². The van der Waals surface area contributed by atoms with Crippen molar-refractivity contribution < 1.29 is 14.6 Å². The number of halogens is 1. The summed E-state index contributed by atoms with van der Waals surface area (Å²) >= 11 is 6.24. The summed E-state index contributed by atoms with van der Waals surface area (Å²) in [5.41, 5.74) is 3.01. The van der Waals surface area contributed by atoms with Gasteiger partial charge in [0.1, 0.15) is 11.5 Å². The summed E-state index contributed by atoms with van der Waals surface area (Å²) in [6.07, 6.45) is 0. The fourth-order valence-corrected chi connectivity index (χ4v) is 3.53. The number of nitrogens with zero attached hydrogens (tertiary/aromatic N) is 2. The number of benzene rings is 2. The second kappa shape index (κ2) is 8.74. The Morgan fingerprint density at radius 3 is 2.39 bits per heavy atom. The zero-order valence-electron chi connectivity index (χ0n) is 16.6. The largest absolute Gasteiger partial charge is 0.508 e. The summed E-state index contributed by atoms with van der Waals surface area (Å²) in [4.78, 5) is 16.7. The van der Waals surface area contributed by atoms with Crippen LogP contribution in [0.15, 0.2) is 36.4 Å². The lowest BCUT2D eigenvalue weighted by Crippen LogP contribution is -2.50. The highest BCUT2D eigenvalue weighted by Gasteiger charge is 2.22. The van der Waals surface area contributed by atoms with Crippen LogP contribution < -0.4 is 9.64 Å². The van der Waals surface area contributed by atoms with Crippen molar-refractivity contribution >= 4 is 23.2 Å². The van der Waals surface area contributed by atoms with Gasteiger partial charge in [-0.25, -0.2) is 0 Å². The number of carbonyl (C=O) groups is 1. The minimum atomic E-state index is -0.00679. The van der Waals surface area contributed by atoms with Crippen molar-refractivity contribution in [3.8, 4) is 11.5 Å². The van der Waals surface area contributed by atoms with Gasteiger partial charge in [0.2, 0.25) is 0 Å². The van der Waals surface area contributed by atoms with E-state index in [2.05, 4.69) is 18.7 Å². The molecule has 28 heavy (non-hydrogen) atoms. The van der Waals surface area contributed by atoms with Crippen LogP contribution in [-0.2, 0) is 4.79 Å². The van der Waals surface area contributed by atoms with Gasteiger partial charge in [0.05, 0.1) is 0 Å². The van der Waals surface area contributed by atoms with Crippen molar-refractivity contribution in [3.63, 3.8) is 0 Å². The Bertz CT molecular complexity index is 828. The van der Waals surface area contributed by atoms with E-state index in [0.717, 1.165) is 35.7 Å². The molecule has 1 saturated heterocycles. The minimum Gasteiger partial charge on any atom is -0.508 e. The molecule has 1 fully saturated rings. The molecule has 0 aromatic heterocycles. The van der Waals surface area contributed by atoms with Gasteiger partial charge < -0.3 is 19.6 Å². The van der Waals surface area contributed by atoms with Gasteiger partial charge in [0.25, 0.3) is 5.91 Å². The Hall–Kier alpha value is -2.40. The number of phenols is 1. The van der Waals surface area contributed by atoms with E-state index in [0.29, 0.717) is 18.1 Å². The monoisotopic (exact) mass is 402 g/mol. The highest BCUT2D eigenvalue weighted by molar-refractivity contribution is 6.31. The smallest absolute Gasteiger partial charge is 0.260 e. The van der Waals surface area contributed by atoms with Gasteiger partial charge in [0, 0.05) is 36.9 Å². The highest BCUT2D eigenvalue weighted by atomic mass is 35.5. The van der Waals surface area contributed by atoms with E-state index in [1.54, 1.807) is 12.1 Å². The maximum atomic E-state index is 12.6. The lowest BCUT2D eigenvalue weighted by atomic mass is 10.0. The van der Waals surface area contributed by atoms with Crippen LogP contribution in [-0.4, -0.2) is 48.7 Å². The molecule has 1 aliphatic heterocycles. The summed E-state index contributed by atoms with van der Waals surface area (Å²) in [5.74, 6) is 1.24. The molecule has 0 radical (unpaired) electrons. The third kappa shape index (κ3) is 4.71. The average molecular weight is 403 g/mol. The molecule has 2 aromatic carbocycles. The molecule has 0 unspecified atom stereocenters. The second-order valence-electron chi connectivity index (χ2n) is 7.47. The number of piperazine rings is 1. The molecule has 2 aromatic rings. The van der Waals surface area contributed by atoms with Gasteiger partial charge in [-0.15, -0.1) is 0 Å². The number of rotatable bonds is 5. The molecule has 6 heteroatoms. The molecule has 1 heterocycles. The fourth-order valence-electron chi connectivity index (χ4n) is 3.35. The Morgan fingerprint density at radius 2 is 1.79 bits per heavy atom. The van der Waals surface area contributed by atoms with Gasteiger partial charge in [-0.05, 0) is 60.4 Å². The first-order chi connectivity index (χ1) is 13.3. The molecule has 0 saturated carbocycles. The first-order valence-electron chi connectivity index (χ1n) is 9.59. The van der Waals surface area contributed by atoms with Crippen molar-refractivity contribution in [2.75, 3.05) is 37.7 Å². The lowest BCUT2D eigenvalue weighted by molar-refractivity contribution is -0.133. The number of aryl methyl sites for hydroxylation is 1. The SMILES string of the molecule is Cc1cc(OCC(=O)N2CCN(c3ccc(O)cc3)CC2)c(C(C)C)cc1Cl. The molecule has 5 nitrogen and oxygen atoms in total. The molecule has 3 rings (SSSR count). The van der Waals surface area contributed by atoms with Crippen LogP contribution in [0.1, 0.15) is 30.9 Å². The van der Waals surface area contributed by atoms with E-state index < -0.39 is 0 Å². The fraction of sp³-hybridized carbons (Fsp3) is 0.409. The lowest BCUT2D eigenvalue weighted by Gasteiger charge is -2.36. The molecule has 1 aliphatic rings. The van der Waals surface area contributed by atoms with Crippen LogP contribution in [0.5, 0.6) is 11.5 Å². The standard InChI is InChI=1S/C22H27ClN2O3/c1-15(2)19-13-20(23)16(3)12-21(19)28-14-22(27)25-10-8-24(9-11-25)17-4-6-18(26)7-5-17/h4-7,12-13,15,26H,8-11,14H2,1-3H3. The van der Waals surface area contributed by atoms with Crippen molar-refractivity contribution in [2.45, 2.75) is 26.7 Å². The molecule has 0 atom stereocenters. The molecule has 0 aliphatic carbocycles. The zero-order chi connectivity index (χ0) is 20.3. The zero-order valence-corrected chi connectivity index (χ0v) is 17.4. The van der Waals surface area contributed by atoms with E-state index in [1.807, 2.05) is 36.1 Å². The third-order valence-electron chi connectivity index (χ3n) is 5.11. The van der Waals surface area contributed by atoms with Crippen LogP contribution in [0.2, 0.25) is 5.02 Å². The van der Waals surface area contributed by atoms with Gasteiger partial charge in [-0.2, -0.15) is 0 Å². The third-order valence-corrected chi connectivity index (χ3v) is 5.52. The summed E-state index contributed by atoms with van der Waals surface area (Å²) in [6.45, 7) is 8.95. The topological polar surface area (TPSA) is 53.0 Å². The van der Waals surface area contributed by atoms with Crippen LogP contribution in [0.25, 0.3) is 0 Å². The number of hydrogen-bond donors (Lipinski definition) is 1. The van der Waals surface area contributed by atoms with Crippen molar-refractivity contribution in [2.24, 2.45) is 0 Å². The Kier molecular flexibility index (Phi) is 6.35. The van der Waals surface area contributed by atoms with Crippen LogP contribution in [0.4, 0.5) is 5.69 Å². The Labute approximate surface area is 171 Å². The maximum absolute atomic E-state index is 12.6. The van der Waals surface area contributed by atoms with E-state index in [-0.39, 0.29) is 24.2 Å². The number of anilines is 1. The predicted octanol–water partition coefficient (Wildman–Crippen LogP) is 4.21. The molecule has 0 spiro atoms. The van der Waals surface area contributed by atoms with Gasteiger partial charge in [-0.3, -0.25) is 4.79 Å². The van der Waals surface area contributed by atoms with Crippen molar-refractivity contribution in [1.29, 1.82) is 0 Å². The van der Waals surface area contributed by atoms with E-state index in [4.69, 9.17) is 16.3 Å². The molecule has 150 valence electrons. The van der Waals surface area contributed by atoms with Crippen molar-refractivity contribution in [1.82, 2.24) is 4.90 Å². The number of phenolic OH excluding ortho intramolecular Hbond substituents is 1. The molecular formula is C22H27ClN2O3. The number of hydrogen-bond acceptors (Lipinski definition) is 4. The molecular weight excluding hydrogens is 376 g/mol. The first-order valence-corrected chi connectivity index (χ1v) is 9.97. The number of aromatic hydroxyl groups is 1. The van der Waals surface area contributed by atoms with Crippen LogP contribution >= 0.6 is 11.6 Å². The maximum Gasteiger partial charge on any atom is 0.260 e. The normalized spacial score (nSPS) is 14.5. The summed E-state index contributed by atoms with van der Waals surface area (Å²) < 4.78 is 5.88. The van der Waals surface area contributed by atoms with E-state index >= 15 is 0 Å². The Balaban J connectivity index is 1.57. The summed E-state index contributed by atoms with van der Waals surface area (Å²) in [5, 5.41) is 10.1. The van der Waals surface area contributed by atoms with Gasteiger partial charge >= 0.3 is 0 Å². The molecule has 0 bridgehead atoms. The average Bonchev–Trinajstić information content (AvgIpc) is 2.69. The highest BCUT2D eigenvalue weighted by Crippen LogP contribution is 2.32. The first kappa shape index (κ1) is 20.3. The van der Waals surface area contributed by atoms with E-state index in [1.165, 1.54) is 0 Å². The van der Waals surface area contributed by atoms with Crippen LogP contribution in [0.3, 0.4) is 0 Å². The van der Waals surface area contributed by atoms with E-state index in [9.17, 15) is 9.90 Å². The number of ether oxygens (including phenoxy) is 1. The summed E-state index contributed by atoms with van der Waals surface area (Å²) in [7, 11) is 0. The molecule has 1 N–H and O–H groups in total. The van der Waals surface area contributed by atoms with Crippen molar-refractivity contribution in [3.05, 3.63) is 52.5 Å². The van der Waals surface area contributed by atoms with Gasteiger partial charge in [-0.1, -0.05) is 25.4 Å². The predicted molar refractivity (Wildman–Crippen MR) is 113 cm³/mol. The number of carbonyl (C=O) groups excluding carboxylic acids is 1. The number of amides is 1. The minimum absolute atomic E-state index is 0.00679. The van der Waals surface area contributed by atoms with Gasteiger partial charge in [0.15, 0.2) is 6.61 Å². The molecule has 1 amide bonds. The second-order valence-corrected chi connectivity index (χ2v) is 7.87. The Morgan fingerprint density at radius 1 is 1.14 bits per heavy atom. The quantitative estimate of drug-likeness (QED) is 0.814.